The lowest BCUT2D eigenvalue weighted by molar-refractivity contribution is -0.130. The zero-order valence-electron chi connectivity index (χ0n) is 16.4. The molecule has 0 N–H and O–H groups in total. The van der Waals surface area contributed by atoms with E-state index in [0.29, 0.717) is 31.3 Å². The standard InChI is InChI=1S/C23H25NO4/c1-15-5-6-16(2)18(12-15)23(26)19-4-3-9-24(19)22(25)14-17-7-8-20-21(13-17)28-11-10-27-20/h5-8,12-13,19H,3-4,9-11,14H2,1-2H3. The molecule has 4 rings (SSSR count). The van der Waals surface area contributed by atoms with Crippen molar-refractivity contribution in [3.63, 3.8) is 0 Å². The maximum Gasteiger partial charge on any atom is 0.227 e. The van der Waals surface area contributed by atoms with E-state index in [-0.39, 0.29) is 24.2 Å². The normalized spacial score (nSPS) is 18.2. The zero-order chi connectivity index (χ0) is 19.7. The zero-order valence-corrected chi connectivity index (χ0v) is 16.4. The highest BCUT2D eigenvalue weighted by molar-refractivity contribution is 6.03. The van der Waals surface area contributed by atoms with Gasteiger partial charge in [-0.3, -0.25) is 9.59 Å². The maximum atomic E-state index is 13.1. The largest absolute Gasteiger partial charge is 0.486 e. The van der Waals surface area contributed by atoms with Gasteiger partial charge in [0.05, 0.1) is 12.5 Å². The average molecular weight is 379 g/mol. The third-order valence-electron chi connectivity index (χ3n) is 5.50. The fraction of sp³-hybridized carbons (Fsp3) is 0.391. The molecule has 0 aromatic heterocycles. The van der Waals surface area contributed by atoms with Crippen molar-refractivity contribution >= 4 is 11.7 Å². The number of Topliss-reactive ketones (excluding diaryl/α,β-unsaturated/α-hetero) is 1. The molecule has 2 aromatic carbocycles. The molecule has 1 atom stereocenters. The van der Waals surface area contributed by atoms with Crippen molar-refractivity contribution in [1.29, 1.82) is 0 Å². The van der Waals surface area contributed by atoms with Crippen LogP contribution in [0.1, 0.15) is 39.9 Å². The maximum absolute atomic E-state index is 13.1. The highest BCUT2D eigenvalue weighted by atomic mass is 16.6. The lowest BCUT2D eigenvalue weighted by atomic mass is 9.96. The van der Waals surface area contributed by atoms with E-state index in [0.717, 1.165) is 35.1 Å². The Morgan fingerprint density at radius 1 is 1.04 bits per heavy atom. The Hall–Kier alpha value is -2.82. The molecule has 0 radical (unpaired) electrons. The van der Waals surface area contributed by atoms with Crippen molar-refractivity contribution in [1.82, 2.24) is 4.90 Å². The molecule has 0 spiro atoms. The molecule has 5 nitrogen and oxygen atoms in total. The van der Waals surface area contributed by atoms with Crippen LogP contribution in [0.5, 0.6) is 11.5 Å². The molecule has 1 saturated heterocycles. The van der Waals surface area contributed by atoms with Gasteiger partial charge in [0.25, 0.3) is 0 Å². The topological polar surface area (TPSA) is 55.8 Å². The van der Waals surface area contributed by atoms with Crippen molar-refractivity contribution in [2.75, 3.05) is 19.8 Å². The first-order chi connectivity index (χ1) is 13.5. The molecule has 2 aromatic rings. The van der Waals surface area contributed by atoms with Gasteiger partial charge in [0.15, 0.2) is 17.3 Å². The minimum Gasteiger partial charge on any atom is -0.486 e. The van der Waals surface area contributed by atoms with E-state index in [1.54, 1.807) is 4.90 Å². The second kappa shape index (κ2) is 7.66. The minimum absolute atomic E-state index is 0.0159. The number of nitrogens with zero attached hydrogens (tertiary/aromatic N) is 1. The third kappa shape index (κ3) is 3.61. The SMILES string of the molecule is Cc1ccc(C)c(C(=O)C2CCCN2C(=O)Cc2ccc3c(c2)OCCO3)c1. The first-order valence-corrected chi connectivity index (χ1v) is 9.82. The number of amides is 1. The summed E-state index contributed by atoms with van der Waals surface area (Å²) in [6.45, 7) is 5.62. The van der Waals surface area contributed by atoms with Gasteiger partial charge in [-0.2, -0.15) is 0 Å². The second-order valence-electron chi connectivity index (χ2n) is 7.58. The number of hydrogen-bond acceptors (Lipinski definition) is 4. The van der Waals surface area contributed by atoms with Gasteiger partial charge in [0.1, 0.15) is 13.2 Å². The molecule has 28 heavy (non-hydrogen) atoms. The molecule has 0 saturated carbocycles. The van der Waals surface area contributed by atoms with E-state index >= 15 is 0 Å². The first kappa shape index (κ1) is 18.5. The highest BCUT2D eigenvalue weighted by Gasteiger charge is 2.35. The van der Waals surface area contributed by atoms with Crippen molar-refractivity contribution in [2.24, 2.45) is 0 Å². The van der Waals surface area contributed by atoms with Crippen LogP contribution in [-0.2, 0) is 11.2 Å². The minimum atomic E-state index is -0.370. The molecule has 2 heterocycles. The Kier molecular flexibility index (Phi) is 5.07. The highest BCUT2D eigenvalue weighted by Crippen LogP contribution is 2.31. The average Bonchev–Trinajstić information content (AvgIpc) is 3.19. The molecular weight excluding hydrogens is 354 g/mol. The van der Waals surface area contributed by atoms with Gasteiger partial charge < -0.3 is 14.4 Å². The number of carbonyl (C=O) groups excluding carboxylic acids is 2. The van der Waals surface area contributed by atoms with Crippen molar-refractivity contribution in [3.05, 3.63) is 58.7 Å². The number of rotatable bonds is 4. The number of aryl methyl sites for hydroxylation is 2. The lowest BCUT2D eigenvalue weighted by Crippen LogP contribution is -2.41. The lowest BCUT2D eigenvalue weighted by Gasteiger charge is -2.25. The summed E-state index contributed by atoms with van der Waals surface area (Å²) < 4.78 is 11.1. The van der Waals surface area contributed by atoms with Gasteiger partial charge in [0, 0.05) is 12.1 Å². The third-order valence-corrected chi connectivity index (χ3v) is 5.50. The molecule has 0 bridgehead atoms. The quantitative estimate of drug-likeness (QED) is 0.763. The number of ether oxygens (including phenoxy) is 2. The Balaban J connectivity index is 1.50. The summed E-state index contributed by atoms with van der Waals surface area (Å²) >= 11 is 0. The Bertz CT molecular complexity index is 921. The molecule has 1 unspecified atom stereocenters. The van der Waals surface area contributed by atoms with E-state index in [2.05, 4.69) is 0 Å². The van der Waals surface area contributed by atoms with Gasteiger partial charge in [0.2, 0.25) is 5.91 Å². The van der Waals surface area contributed by atoms with Gasteiger partial charge in [-0.05, 0) is 56.0 Å². The molecule has 1 amide bonds. The fourth-order valence-electron chi connectivity index (χ4n) is 3.99. The Morgan fingerprint density at radius 2 is 1.82 bits per heavy atom. The first-order valence-electron chi connectivity index (χ1n) is 9.82. The van der Waals surface area contributed by atoms with Crippen molar-refractivity contribution in [3.8, 4) is 11.5 Å². The predicted molar refractivity (Wildman–Crippen MR) is 106 cm³/mol. The van der Waals surface area contributed by atoms with E-state index in [1.807, 2.05) is 50.2 Å². The van der Waals surface area contributed by atoms with Gasteiger partial charge >= 0.3 is 0 Å². The van der Waals surface area contributed by atoms with Crippen LogP contribution < -0.4 is 9.47 Å². The molecular formula is C23H25NO4. The van der Waals surface area contributed by atoms with Crippen LogP contribution in [0.2, 0.25) is 0 Å². The van der Waals surface area contributed by atoms with Crippen LogP contribution in [0.15, 0.2) is 36.4 Å². The van der Waals surface area contributed by atoms with Crippen LogP contribution in [0.25, 0.3) is 0 Å². The molecule has 146 valence electrons. The number of likely N-dealkylation sites (tertiary alicyclic amines) is 1. The Labute approximate surface area is 165 Å². The summed E-state index contributed by atoms with van der Waals surface area (Å²) in [4.78, 5) is 27.9. The summed E-state index contributed by atoms with van der Waals surface area (Å²) in [5, 5.41) is 0. The molecule has 0 aliphatic carbocycles. The van der Waals surface area contributed by atoms with Crippen LogP contribution in [0.3, 0.4) is 0 Å². The number of carbonyl (C=O) groups is 2. The second-order valence-corrected chi connectivity index (χ2v) is 7.58. The Morgan fingerprint density at radius 3 is 2.64 bits per heavy atom. The number of benzene rings is 2. The fourth-order valence-corrected chi connectivity index (χ4v) is 3.99. The number of hydrogen-bond donors (Lipinski definition) is 0. The van der Waals surface area contributed by atoms with E-state index < -0.39 is 0 Å². The summed E-state index contributed by atoms with van der Waals surface area (Å²) in [5.74, 6) is 1.43. The molecule has 2 aliphatic rings. The number of ketones is 1. The predicted octanol–water partition coefficient (Wildman–Crippen LogP) is 3.49. The molecule has 2 aliphatic heterocycles. The van der Waals surface area contributed by atoms with Crippen LogP contribution in [0.4, 0.5) is 0 Å². The summed E-state index contributed by atoms with van der Waals surface area (Å²) in [5.41, 5.74) is 3.62. The van der Waals surface area contributed by atoms with E-state index in [4.69, 9.17) is 9.47 Å². The van der Waals surface area contributed by atoms with Gasteiger partial charge in [-0.1, -0.05) is 23.8 Å². The van der Waals surface area contributed by atoms with Gasteiger partial charge in [-0.25, -0.2) is 0 Å². The van der Waals surface area contributed by atoms with Crippen LogP contribution in [0, 0.1) is 13.8 Å². The van der Waals surface area contributed by atoms with Gasteiger partial charge in [-0.15, -0.1) is 0 Å². The summed E-state index contributed by atoms with van der Waals surface area (Å²) in [6, 6.07) is 11.1. The van der Waals surface area contributed by atoms with Crippen molar-refractivity contribution < 1.29 is 19.1 Å². The van der Waals surface area contributed by atoms with Crippen LogP contribution >= 0.6 is 0 Å². The van der Waals surface area contributed by atoms with Crippen LogP contribution in [-0.4, -0.2) is 42.4 Å². The van der Waals surface area contributed by atoms with E-state index in [1.165, 1.54) is 0 Å². The summed E-state index contributed by atoms with van der Waals surface area (Å²) in [6.07, 6.45) is 1.83. The molecule has 5 heteroatoms. The number of fused-ring (bicyclic) bond motifs is 1. The summed E-state index contributed by atoms with van der Waals surface area (Å²) in [7, 11) is 0. The smallest absolute Gasteiger partial charge is 0.227 e. The van der Waals surface area contributed by atoms with Crippen molar-refractivity contribution in [2.45, 2.75) is 39.2 Å². The van der Waals surface area contributed by atoms with E-state index in [9.17, 15) is 9.59 Å². The monoisotopic (exact) mass is 379 g/mol. The molecule has 1 fully saturated rings.